The molecule has 0 aliphatic carbocycles. The van der Waals surface area contributed by atoms with Gasteiger partial charge in [-0.3, -0.25) is 9.10 Å². The Hall–Kier alpha value is -2.51. The number of nitrogens with one attached hydrogen (secondary N) is 1. The van der Waals surface area contributed by atoms with E-state index in [1.807, 2.05) is 24.3 Å². The molecule has 0 atom stereocenters. The van der Waals surface area contributed by atoms with E-state index in [1.165, 1.54) is 10.4 Å². The maximum Gasteiger partial charge on any atom is 0.248 e. The number of benzene rings is 2. The van der Waals surface area contributed by atoms with E-state index in [9.17, 15) is 13.2 Å². The molecule has 0 spiro atoms. The van der Waals surface area contributed by atoms with Gasteiger partial charge in [-0.15, -0.1) is 0 Å². The van der Waals surface area contributed by atoms with Crippen LogP contribution >= 0.6 is 11.6 Å². The highest BCUT2D eigenvalue weighted by molar-refractivity contribution is 7.93. The lowest BCUT2D eigenvalue weighted by atomic mass is 10.2. The van der Waals surface area contributed by atoms with Crippen molar-refractivity contribution in [2.45, 2.75) is 19.3 Å². The summed E-state index contributed by atoms with van der Waals surface area (Å²) in [6.45, 7) is 2.46. The number of amides is 1. The van der Waals surface area contributed by atoms with E-state index >= 15 is 0 Å². The summed E-state index contributed by atoms with van der Waals surface area (Å²) in [5, 5.41) is 3.50. The van der Waals surface area contributed by atoms with Crippen LogP contribution in [0.2, 0.25) is 5.02 Å². The zero-order valence-corrected chi connectivity index (χ0v) is 18.1. The van der Waals surface area contributed by atoms with Gasteiger partial charge in [0.25, 0.3) is 0 Å². The van der Waals surface area contributed by atoms with Gasteiger partial charge in [-0.05, 0) is 61.2 Å². The fraction of sp³-hybridized carbons (Fsp3) is 0.318. The second kappa shape index (κ2) is 8.70. The molecule has 1 N–H and O–H groups in total. The molecule has 2 aliphatic heterocycles. The minimum Gasteiger partial charge on any atom is -0.370 e. The molecule has 1 amide bonds. The predicted octanol–water partition coefficient (Wildman–Crippen LogP) is 4.13. The topological polar surface area (TPSA) is 69.7 Å². The maximum atomic E-state index is 12.5. The van der Waals surface area contributed by atoms with E-state index in [0.29, 0.717) is 29.4 Å². The second-order valence-corrected chi connectivity index (χ2v) is 9.96. The summed E-state index contributed by atoms with van der Waals surface area (Å²) in [5.41, 5.74) is 3.16. The molecular formula is C22H24ClN3O3S. The molecule has 2 aromatic rings. The first-order valence-electron chi connectivity index (χ1n) is 10.1. The summed E-state index contributed by atoms with van der Waals surface area (Å²) in [5.74, 6) is -0.0542. The molecule has 8 heteroatoms. The number of hydrogen-bond donors (Lipinski definition) is 1. The third-order valence-corrected chi connectivity index (χ3v) is 7.48. The standard InChI is InChI=1S/C22H24ClN3O3S/c23-18-7-10-21(25-12-1-2-13-25)20(16-18)24-22(27)11-6-17-4-8-19(9-5-17)26-14-3-15-30(26,28)29/h4-11,16H,1-3,12-15H2,(H,24,27)/b11-6+. The van der Waals surface area contributed by atoms with Crippen molar-refractivity contribution in [3.63, 3.8) is 0 Å². The van der Waals surface area contributed by atoms with E-state index in [-0.39, 0.29) is 11.7 Å². The normalized spacial score (nSPS) is 18.3. The van der Waals surface area contributed by atoms with E-state index in [2.05, 4.69) is 10.2 Å². The quantitative estimate of drug-likeness (QED) is 0.702. The molecule has 0 aromatic heterocycles. The smallest absolute Gasteiger partial charge is 0.248 e. The van der Waals surface area contributed by atoms with Crippen LogP contribution in [0.5, 0.6) is 0 Å². The number of carbonyl (C=O) groups excluding carboxylic acids is 1. The first-order valence-corrected chi connectivity index (χ1v) is 12.1. The van der Waals surface area contributed by atoms with E-state index in [0.717, 1.165) is 37.2 Å². The predicted molar refractivity (Wildman–Crippen MR) is 123 cm³/mol. The number of hydrogen-bond acceptors (Lipinski definition) is 4. The van der Waals surface area contributed by atoms with Crippen LogP contribution in [0.15, 0.2) is 48.5 Å². The van der Waals surface area contributed by atoms with Gasteiger partial charge in [-0.1, -0.05) is 23.7 Å². The lowest BCUT2D eigenvalue weighted by Gasteiger charge is -2.21. The van der Waals surface area contributed by atoms with Gasteiger partial charge >= 0.3 is 0 Å². The minimum atomic E-state index is -3.19. The molecule has 2 aliphatic rings. The Morgan fingerprint density at radius 1 is 1.00 bits per heavy atom. The van der Waals surface area contributed by atoms with Gasteiger partial charge in [-0.25, -0.2) is 8.42 Å². The molecule has 0 saturated carbocycles. The number of rotatable bonds is 5. The molecule has 2 fully saturated rings. The number of carbonyl (C=O) groups is 1. The highest BCUT2D eigenvalue weighted by atomic mass is 35.5. The largest absolute Gasteiger partial charge is 0.370 e. The highest BCUT2D eigenvalue weighted by Crippen LogP contribution is 2.31. The molecule has 2 saturated heterocycles. The first-order chi connectivity index (χ1) is 14.4. The van der Waals surface area contributed by atoms with Crippen LogP contribution < -0.4 is 14.5 Å². The second-order valence-electron chi connectivity index (χ2n) is 7.51. The van der Waals surface area contributed by atoms with Gasteiger partial charge in [0, 0.05) is 30.7 Å². The Bertz CT molecular complexity index is 1060. The van der Waals surface area contributed by atoms with E-state index < -0.39 is 10.0 Å². The molecule has 0 bridgehead atoms. The molecule has 2 heterocycles. The maximum absolute atomic E-state index is 12.5. The first kappa shape index (κ1) is 20.8. The minimum absolute atomic E-state index is 0.192. The van der Waals surface area contributed by atoms with E-state index in [1.54, 1.807) is 24.3 Å². The molecule has 4 rings (SSSR count). The Morgan fingerprint density at radius 2 is 1.73 bits per heavy atom. The van der Waals surface area contributed by atoms with Crippen molar-refractivity contribution < 1.29 is 13.2 Å². The Balaban J connectivity index is 1.44. The summed E-state index contributed by atoms with van der Waals surface area (Å²) < 4.78 is 25.5. The Kier molecular flexibility index (Phi) is 6.01. The van der Waals surface area contributed by atoms with Gasteiger partial charge in [-0.2, -0.15) is 0 Å². The molecule has 0 radical (unpaired) electrons. The van der Waals surface area contributed by atoms with Crippen LogP contribution in [-0.4, -0.2) is 39.7 Å². The van der Waals surface area contributed by atoms with Crippen molar-refractivity contribution in [1.82, 2.24) is 0 Å². The zero-order chi connectivity index (χ0) is 21.1. The van der Waals surface area contributed by atoms with Gasteiger partial charge in [0.05, 0.1) is 22.8 Å². The van der Waals surface area contributed by atoms with Crippen LogP contribution in [0, 0.1) is 0 Å². The van der Waals surface area contributed by atoms with Gasteiger partial charge in [0.1, 0.15) is 0 Å². The van der Waals surface area contributed by atoms with Crippen molar-refractivity contribution >= 4 is 50.7 Å². The SMILES string of the molecule is O=C(/C=C/c1ccc(N2CCCS2(=O)=O)cc1)Nc1cc(Cl)ccc1N1CCCC1. The highest BCUT2D eigenvalue weighted by Gasteiger charge is 2.28. The number of sulfonamides is 1. The Morgan fingerprint density at radius 3 is 2.40 bits per heavy atom. The monoisotopic (exact) mass is 445 g/mol. The fourth-order valence-electron chi connectivity index (χ4n) is 3.87. The summed E-state index contributed by atoms with van der Waals surface area (Å²) in [7, 11) is -3.19. The Labute approximate surface area is 182 Å². The molecule has 30 heavy (non-hydrogen) atoms. The van der Waals surface area contributed by atoms with E-state index in [4.69, 9.17) is 11.6 Å². The number of nitrogens with zero attached hydrogens (tertiary/aromatic N) is 2. The van der Waals surface area contributed by atoms with Crippen LogP contribution in [0.4, 0.5) is 17.1 Å². The number of halogens is 1. The lowest BCUT2D eigenvalue weighted by Crippen LogP contribution is -2.24. The molecule has 2 aromatic carbocycles. The van der Waals surface area contributed by atoms with Crippen LogP contribution in [-0.2, 0) is 14.8 Å². The van der Waals surface area contributed by atoms with Crippen molar-refractivity contribution in [2.24, 2.45) is 0 Å². The molecular weight excluding hydrogens is 422 g/mol. The lowest BCUT2D eigenvalue weighted by molar-refractivity contribution is -0.111. The number of anilines is 3. The van der Waals surface area contributed by atoms with Crippen molar-refractivity contribution in [1.29, 1.82) is 0 Å². The van der Waals surface area contributed by atoms with Gasteiger partial charge in [0.2, 0.25) is 15.9 Å². The average molecular weight is 446 g/mol. The summed E-state index contributed by atoms with van der Waals surface area (Å²) in [4.78, 5) is 14.7. The molecule has 6 nitrogen and oxygen atoms in total. The van der Waals surface area contributed by atoms with Crippen molar-refractivity contribution in [2.75, 3.05) is 39.9 Å². The third-order valence-electron chi connectivity index (χ3n) is 5.37. The summed E-state index contributed by atoms with van der Waals surface area (Å²) in [6, 6.07) is 12.7. The average Bonchev–Trinajstić information content (AvgIpc) is 3.36. The zero-order valence-electron chi connectivity index (χ0n) is 16.6. The van der Waals surface area contributed by atoms with Gasteiger partial charge in [0.15, 0.2) is 0 Å². The van der Waals surface area contributed by atoms with Gasteiger partial charge < -0.3 is 10.2 Å². The van der Waals surface area contributed by atoms with Crippen LogP contribution in [0.3, 0.4) is 0 Å². The van der Waals surface area contributed by atoms with Crippen molar-refractivity contribution in [3.8, 4) is 0 Å². The summed E-state index contributed by atoms with van der Waals surface area (Å²) in [6.07, 6.45) is 6.11. The molecule has 0 unspecified atom stereocenters. The third kappa shape index (κ3) is 4.63. The van der Waals surface area contributed by atoms with Crippen molar-refractivity contribution in [3.05, 3.63) is 59.1 Å². The van der Waals surface area contributed by atoms with Crippen LogP contribution in [0.1, 0.15) is 24.8 Å². The summed E-state index contributed by atoms with van der Waals surface area (Å²) >= 11 is 6.13. The fourth-order valence-corrected chi connectivity index (χ4v) is 5.61. The molecule has 158 valence electrons. The van der Waals surface area contributed by atoms with Crippen LogP contribution in [0.25, 0.3) is 6.08 Å².